The van der Waals surface area contributed by atoms with E-state index in [9.17, 15) is 77.4 Å². The number of nitrogens with one attached hydrogen (secondary N) is 4. The molecule has 0 saturated carbocycles. The molecule has 0 unspecified atom stereocenters. The Labute approximate surface area is 472 Å². The number of aliphatic imine (C=N–C) groups is 1. The summed E-state index contributed by atoms with van der Waals surface area (Å²) in [5, 5.41) is 81.1. The number of hydrogen-bond donors (Lipinski definition) is 13. The summed E-state index contributed by atoms with van der Waals surface area (Å²) in [7, 11) is -3.76. The molecule has 0 spiro atoms. The van der Waals surface area contributed by atoms with Crippen LogP contribution in [0.2, 0.25) is 0 Å². The first-order valence-electron chi connectivity index (χ1n) is 25.6. The number of thioether (sulfide) groups is 3. The Bertz CT molecular complexity index is 2920. The number of aliphatic carboxylic acids is 3. The van der Waals surface area contributed by atoms with Crippen molar-refractivity contribution in [2.75, 3.05) is 37.2 Å². The molecule has 0 aliphatic carbocycles. The Morgan fingerprint density at radius 2 is 1.27 bits per heavy atom. The van der Waals surface area contributed by atoms with E-state index >= 15 is 0 Å². The van der Waals surface area contributed by atoms with E-state index in [2.05, 4.69) is 25.7 Å². The van der Waals surface area contributed by atoms with Crippen molar-refractivity contribution >= 4 is 105 Å². The van der Waals surface area contributed by atoms with E-state index in [1.54, 1.807) is 26.0 Å². The lowest BCUT2D eigenvalue weighted by Crippen LogP contribution is -2.63. The molecule has 1 aromatic rings. The van der Waals surface area contributed by atoms with Gasteiger partial charge >= 0.3 is 23.9 Å². The largest absolute Gasteiger partial charge is 0.478 e. The maximum absolute atomic E-state index is 12.7. The molecule has 31 heteroatoms. The van der Waals surface area contributed by atoms with Crippen LogP contribution in [-0.4, -0.2) is 204 Å². The highest BCUT2D eigenvalue weighted by molar-refractivity contribution is 8.04. The Hall–Kier alpha value is -5.61. The lowest BCUT2D eigenvalue weighted by atomic mass is 9.79. The van der Waals surface area contributed by atoms with Gasteiger partial charge in [-0.05, 0) is 51.8 Å². The summed E-state index contributed by atoms with van der Waals surface area (Å²) in [6.07, 6.45) is 0.321. The van der Waals surface area contributed by atoms with Gasteiger partial charge in [-0.3, -0.25) is 24.2 Å². The average Bonchev–Trinajstić information content (AvgIpc) is 4.10. The van der Waals surface area contributed by atoms with Gasteiger partial charge in [0.25, 0.3) is 10.2 Å². The van der Waals surface area contributed by atoms with E-state index < -0.39 is 76.2 Å². The van der Waals surface area contributed by atoms with Gasteiger partial charge in [-0.1, -0.05) is 19.9 Å². The molecule has 4 amide bonds. The van der Waals surface area contributed by atoms with Crippen LogP contribution in [0.5, 0.6) is 0 Å². The molecule has 1 aromatic carbocycles. The average molecular weight is 1200 g/mol. The van der Waals surface area contributed by atoms with Crippen molar-refractivity contribution in [1.29, 1.82) is 0 Å². The summed E-state index contributed by atoms with van der Waals surface area (Å²) in [5.41, 5.74) is 5.61. The number of β-lactam (4-membered cyclic amide) rings is 3. The van der Waals surface area contributed by atoms with Crippen LogP contribution in [0.1, 0.15) is 64.2 Å². The van der Waals surface area contributed by atoms with Crippen LogP contribution < -0.4 is 31.5 Å². The monoisotopic (exact) mass is 1190 g/mol. The van der Waals surface area contributed by atoms with Gasteiger partial charge in [-0.25, -0.2) is 29.0 Å². The fourth-order valence-corrected chi connectivity index (χ4v) is 16.1. The molecular weight excluding hydrogens is 1130 g/mol. The summed E-state index contributed by atoms with van der Waals surface area (Å²) >= 11 is 4.15. The van der Waals surface area contributed by atoms with Crippen LogP contribution in [-0.2, 0) is 43.8 Å². The van der Waals surface area contributed by atoms with Crippen molar-refractivity contribution < 1.29 is 82.5 Å². The molecule has 5 saturated heterocycles. The van der Waals surface area contributed by atoms with Crippen molar-refractivity contribution in [2.45, 2.75) is 113 Å². The third-order valence-electron chi connectivity index (χ3n) is 15.2. The van der Waals surface area contributed by atoms with Crippen LogP contribution in [0.3, 0.4) is 0 Å². The lowest BCUT2D eigenvalue weighted by molar-refractivity contribution is -0.163. The number of anilines is 1. The summed E-state index contributed by atoms with van der Waals surface area (Å²) in [6, 6.07) is 4.41. The fourth-order valence-electron chi connectivity index (χ4n) is 11.6. The quantitative estimate of drug-likeness (QED) is 0.0321. The number of benzene rings is 1. The van der Waals surface area contributed by atoms with Gasteiger partial charge in [-0.15, -0.1) is 35.3 Å². The molecular formula is C49H66N10O17S4. The first-order chi connectivity index (χ1) is 37.6. The predicted molar refractivity (Wildman–Crippen MR) is 293 cm³/mol. The molecule has 9 rings (SSSR count). The molecule has 0 radical (unpaired) electrons. The van der Waals surface area contributed by atoms with E-state index in [-0.39, 0.29) is 99.3 Å². The van der Waals surface area contributed by atoms with Gasteiger partial charge in [0.2, 0.25) is 23.6 Å². The van der Waals surface area contributed by atoms with Gasteiger partial charge in [-0.2, -0.15) is 8.42 Å². The van der Waals surface area contributed by atoms with Crippen molar-refractivity contribution in [1.82, 2.24) is 30.1 Å². The Morgan fingerprint density at radius 3 is 1.76 bits per heavy atom. The first-order valence-corrected chi connectivity index (χ1v) is 29.9. The number of carboxylic acid groups (broad SMARTS) is 4. The second kappa shape index (κ2) is 25.3. The number of aliphatic hydroxyl groups is 3. The number of fused-ring (bicyclic) bond motifs is 3. The molecule has 8 aliphatic heterocycles. The maximum atomic E-state index is 12.7. The number of carboxylic acids is 4. The number of amides is 4. The van der Waals surface area contributed by atoms with Gasteiger partial charge in [0.1, 0.15) is 17.1 Å². The minimum atomic E-state index is -3.76. The van der Waals surface area contributed by atoms with Gasteiger partial charge in [0, 0.05) is 80.6 Å². The number of aromatic carboxylic acids is 1. The van der Waals surface area contributed by atoms with Gasteiger partial charge in [0.05, 0.1) is 78.7 Å². The number of hydrogen-bond acceptors (Lipinski definition) is 19. The molecule has 80 heavy (non-hydrogen) atoms. The van der Waals surface area contributed by atoms with Crippen molar-refractivity contribution in [3.63, 3.8) is 0 Å². The summed E-state index contributed by atoms with van der Waals surface area (Å²) in [4.78, 5) is 105. The lowest BCUT2D eigenvalue weighted by Gasteiger charge is -2.46. The van der Waals surface area contributed by atoms with E-state index in [0.29, 0.717) is 65.1 Å². The summed E-state index contributed by atoms with van der Waals surface area (Å²) < 4.78 is 24.3. The fraction of sp³-hybridized carbons (Fsp3) is 0.571. The second-order valence-electron chi connectivity index (χ2n) is 20.6. The highest BCUT2D eigenvalue weighted by Crippen LogP contribution is 2.54. The van der Waals surface area contributed by atoms with E-state index in [1.807, 2.05) is 13.8 Å². The van der Waals surface area contributed by atoms with Crippen molar-refractivity contribution in [3.8, 4) is 0 Å². The molecule has 15 atom stereocenters. The maximum Gasteiger partial charge on any atom is 0.353 e. The standard InChI is InChI=1S/C22H25N3O7S.C15H24N4O6S2.C12H17N3O4S/c1-9-16-15(10(2)26)20(28)25(16)17(22(31)32)18(9)33-13-7-14(23-8-13)19(27)24-12-5-3-4-11(6-12)21(29)30;1-6-11-10(7(2)20)14(21)19(11)12(15(22)23)13(6)26-9-3-8(17-5-9)4-18-27(16,24)25;1-6(16)9-7-4-8(20-3-2-14-5-13)10(12(18)19)15(7)11(9)17/h3-6,9-10,13-16,23,26H,7-8H2,1-2H3,(H,24,27)(H,29,30)(H,31,32);6-11,17-18,20H,3-5H2,1-2H3,(H,22,23)(H2,16,24,25);5-7,9,16H,2-4H2,1H3,(H2,13,14)(H,18,19)/t9-,10-,13+,14+,15-,16-;6-,7-,8+,9+,10-,11-;6-,7-,9-/m111/s1. The molecule has 0 aromatic heterocycles. The Morgan fingerprint density at radius 1 is 0.762 bits per heavy atom. The topological polar surface area (TPSA) is 435 Å². The highest BCUT2D eigenvalue weighted by Gasteiger charge is 2.62. The smallest absolute Gasteiger partial charge is 0.353 e. The minimum absolute atomic E-state index is 0.00510. The minimum Gasteiger partial charge on any atom is -0.478 e. The van der Waals surface area contributed by atoms with E-state index in [0.717, 1.165) is 0 Å². The van der Waals surface area contributed by atoms with Crippen LogP contribution >= 0.6 is 35.3 Å². The molecule has 8 aliphatic rings. The van der Waals surface area contributed by atoms with Crippen LogP contribution in [0, 0.1) is 29.6 Å². The molecule has 0 bridgehead atoms. The summed E-state index contributed by atoms with van der Waals surface area (Å²) in [6.45, 7) is 10.1. The zero-order valence-electron chi connectivity index (χ0n) is 44.0. The van der Waals surface area contributed by atoms with Gasteiger partial charge < -0.3 is 72.1 Å². The SMILES string of the molecule is C[C@@H](O)[C@H]1C(=O)N2C(C(=O)O)=C(SCCN=CN)C[C@H]12.C[C@@H](O)[C@H]1C(=O)N2C(C(=O)O)=C(S[C@@H]3CN[C@H](C(=O)Nc4cccc(C(=O)O)c4)C3)[C@H](C)[C@H]12.C[C@@H](O)[C@H]1C(=O)N2C(C(=O)O)=C(S[C@@H]3CN[C@H](CNS(N)(=O)=O)C3)[C@H](C)[C@H]12. The second-order valence-corrected chi connectivity index (χ2v) is 25.8. The third-order valence-corrected chi connectivity index (χ3v) is 19.9. The zero-order chi connectivity index (χ0) is 59.0. The van der Waals surface area contributed by atoms with E-state index in [4.69, 9.17) is 16.0 Å². The van der Waals surface area contributed by atoms with Crippen LogP contribution in [0.15, 0.2) is 61.1 Å². The highest BCUT2D eigenvalue weighted by atomic mass is 32.2. The van der Waals surface area contributed by atoms with Crippen LogP contribution in [0.4, 0.5) is 5.69 Å². The van der Waals surface area contributed by atoms with Crippen molar-refractivity contribution in [2.24, 2.45) is 45.5 Å². The number of carbonyl (C=O) groups excluding carboxylic acids is 4. The Kier molecular flexibility index (Phi) is 19.6. The number of carbonyl (C=O) groups is 8. The number of nitrogens with zero attached hydrogens (tertiary/aromatic N) is 4. The van der Waals surface area contributed by atoms with Crippen molar-refractivity contribution in [3.05, 3.63) is 61.6 Å². The number of aliphatic hydroxyl groups excluding tert-OH is 3. The molecule has 15 N–H and O–H groups in total. The number of nitrogens with two attached hydrogens (primary N) is 2. The molecule has 5 fully saturated rings. The molecule has 8 heterocycles. The zero-order valence-corrected chi connectivity index (χ0v) is 47.3. The normalized spacial score (nSPS) is 30.6. The Balaban J connectivity index is 0.000000179. The predicted octanol–water partition coefficient (Wildman–Crippen LogP) is -1.05. The van der Waals surface area contributed by atoms with Crippen LogP contribution in [0.25, 0.3) is 0 Å². The number of rotatable bonds is 20. The molecule has 27 nitrogen and oxygen atoms in total. The third kappa shape index (κ3) is 12.7. The molecule has 438 valence electrons. The summed E-state index contributed by atoms with van der Waals surface area (Å²) in [5.74, 6) is -7.36. The van der Waals surface area contributed by atoms with Gasteiger partial charge in [0.15, 0.2) is 0 Å². The first kappa shape index (κ1) is 62.0. The van der Waals surface area contributed by atoms with E-state index in [1.165, 1.54) is 75.4 Å².